The van der Waals surface area contributed by atoms with Gasteiger partial charge in [-0.05, 0) is 34.7 Å². The van der Waals surface area contributed by atoms with Crippen molar-refractivity contribution in [2.45, 2.75) is 25.8 Å². The van der Waals surface area contributed by atoms with E-state index in [1.165, 1.54) is 41.4 Å². The summed E-state index contributed by atoms with van der Waals surface area (Å²) in [6.45, 7) is 2.16. The van der Waals surface area contributed by atoms with Gasteiger partial charge < -0.3 is 5.11 Å². The lowest BCUT2D eigenvalue weighted by molar-refractivity contribution is -0.384. The molecular weight excluding hydrogens is 374 g/mol. The Hall–Kier alpha value is -3.81. The van der Waals surface area contributed by atoms with E-state index in [1.807, 2.05) is 31.2 Å². The van der Waals surface area contributed by atoms with Crippen LogP contribution in [0.2, 0.25) is 0 Å². The van der Waals surface area contributed by atoms with Crippen LogP contribution >= 0.6 is 0 Å². The van der Waals surface area contributed by atoms with E-state index in [4.69, 9.17) is 5.11 Å². The number of carboxylic acids is 1. The molecule has 8 nitrogen and oxygen atoms in total. The van der Waals surface area contributed by atoms with Crippen molar-refractivity contribution >= 4 is 11.7 Å². The molecule has 0 aliphatic heterocycles. The number of nitro groups is 1. The van der Waals surface area contributed by atoms with E-state index < -0.39 is 10.9 Å². The monoisotopic (exact) mass is 393 g/mol. The fourth-order valence-electron chi connectivity index (χ4n) is 3.05. The van der Waals surface area contributed by atoms with E-state index in [0.29, 0.717) is 17.7 Å². The fraction of sp³-hybridized carbons (Fsp3) is 0.190. The van der Waals surface area contributed by atoms with Gasteiger partial charge in [0.2, 0.25) is 0 Å². The van der Waals surface area contributed by atoms with Crippen molar-refractivity contribution in [3.63, 3.8) is 0 Å². The van der Waals surface area contributed by atoms with Crippen molar-refractivity contribution < 1.29 is 14.8 Å². The van der Waals surface area contributed by atoms with Crippen LogP contribution in [0.25, 0.3) is 11.1 Å². The second-order valence-electron chi connectivity index (χ2n) is 6.78. The summed E-state index contributed by atoms with van der Waals surface area (Å²) in [7, 11) is 0. The molecule has 0 aliphatic rings. The summed E-state index contributed by atoms with van der Waals surface area (Å²) in [5.74, 6) is -0.946. The van der Waals surface area contributed by atoms with E-state index in [-0.39, 0.29) is 23.6 Å². The molecule has 0 unspecified atom stereocenters. The minimum absolute atomic E-state index is 0.0461. The Bertz CT molecular complexity index is 1090. The average molecular weight is 393 g/mol. The largest absolute Gasteiger partial charge is 0.481 e. The van der Waals surface area contributed by atoms with Crippen molar-refractivity contribution in [3.8, 4) is 11.1 Å². The normalized spacial score (nSPS) is 11.8. The summed E-state index contributed by atoms with van der Waals surface area (Å²) < 4.78 is 1.46. The van der Waals surface area contributed by atoms with Gasteiger partial charge >= 0.3 is 5.97 Å². The fourth-order valence-corrected chi connectivity index (χ4v) is 3.05. The first-order valence-corrected chi connectivity index (χ1v) is 8.95. The summed E-state index contributed by atoms with van der Waals surface area (Å²) >= 11 is 0. The number of hydrogen-bond acceptors (Lipinski definition) is 5. The summed E-state index contributed by atoms with van der Waals surface area (Å²) in [6, 6.07) is 13.2. The standard InChI is InChI=1S/C21H19N3O5/c1-14(10-20(25)26)16-4-2-15(3-5-16)12-23-13-22-11-19(21(23)27)17-6-8-18(9-7-17)24(28)29/h2-9,11,13-14H,10,12H2,1H3,(H,25,26)/t14-/m1/s1. The zero-order valence-corrected chi connectivity index (χ0v) is 15.7. The van der Waals surface area contributed by atoms with Gasteiger partial charge in [-0.2, -0.15) is 0 Å². The number of aliphatic carboxylic acids is 1. The molecule has 2 aromatic carbocycles. The second-order valence-corrected chi connectivity index (χ2v) is 6.78. The maximum Gasteiger partial charge on any atom is 0.303 e. The van der Waals surface area contributed by atoms with E-state index in [2.05, 4.69) is 4.98 Å². The number of nitrogens with zero attached hydrogens (tertiary/aromatic N) is 3. The molecule has 0 radical (unpaired) electrons. The molecule has 1 N–H and O–H groups in total. The highest BCUT2D eigenvalue weighted by Crippen LogP contribution is 2.21. The number of rotatable bonds is 7. The Balaban J connectivity index is 1.82. The Morgan fingerprint density at radius 3 is 2.41 bits per heavy atom. The van der Waals surface area contributed by atoms with Crippen LogP contribution < -0.4 is 5.56 Å². The Morgan fingerprint density at radius 2 is 1.83 bits per heavy atom. The maximum atomic E-state index is 12.8. The molecule has 148 valence electrons. The van der Waals surface area contributed by atoms with E-state index >= 15 is 0 Å². The van der Waals surface area contributed by atoms with Gasteiger partial charge in [0.1, 0.15) is 0 Å². The summed E-state index contributed by atoms with van der Waals surface area (Å²) in [6.07, 6.45) is 2.94. The summed E-state index contributed by atoms with van der Waals surface area (Å²) in [4.78, 5) is 38.1. The van der Waals surface area contributed by atoms with Gasteiger partial charge in [0.05, 0.1) is 29.8 Å². The van der Waals surface area contributed by atoms with Gasteiger partial charge in [0.15, 0.2) is 0 Å². The molecule has 0 bridgehead atoms. The quantitative estimate of drug-likeness (QED) is 0.486. The molecule has 0 aliphatic carbocycles. The third kappa shape index (κ3) is 4.73. The van der Waals surface area contributed by atoms with Crippen LogP contribution in [-0.4, -0.2) is 25.6 Å². The third-order valence-electron chi connectivity index (χ3n) is 4.67. The Kier molecular flexibility index (Phi) is 5.82. The van der Waals surface area contributed by atoms with Crippen molar-refractivity contribution in [2.75, 3.05) is 0 Å². The first-order chi connectivity index (χ1) is 13.8. The Morgan fingerprint density at radius 1 is 1.17 bits per heavy atom. The lowest BCUT2D eigenvalue weighted by Crippen LogP contribution is -2.22. The van der Waals surface area contributed by atoms with Crippen molar-refractivity contribution in [2.24, 2.45) is 0 Å². The molecule has 3 rings (SSSR count). The van der Waals surface area contributed by atoms with Crippen molar-refractivity contribution in [3.05, 3.63) is 92.7 Å². The first-order valence-electron chi connectivity index (χ1n) is 8.95. The maximum absolute atomic E-state index is 12.8. The number of benzene rings is 2. The SMILES string of the molecule is C[C@H](CC(=O)O)c1ccc(Cn2cncc(-c3ccc([N+](=O)[O-])cc3)c2=O)cc1. The Labute approximate surface area is 166 Å². The second kappa shape index (κ2) is 8.47. The highest BCUT2D eigenvalue weighted by atomic mass is 16.6. The van der Waals surface area contributed by atoms with Crippen molar-refractivity contribution in [1.82, 2.24) is 9.55 Å². The molecule has 3 aromatic rings. The zero-order valence-electron chi connectivity index (χ0n) is 15.7. The highest BCUT2D eigenvalue weighted by molar-refractivity contribution is 5.68. The van der Waals surface area contributed by atoms with Gasteiger partial charge in [0, 0.05) is 18.3 Å². The van der Waals surface area contributed by atoms with Gasteiger partial charge in [-0.3, -0.25) is 24.3 Å². The van der Waals surface area contributed by atoms with Crippen LogP contribution in [0.4, 0.5) is 5.69 Å². The third-order valence-corrected chi connectivity index (χ3v) is 4.67. The van der Waals surface area contributed by atoms with Crippen LogP contribution in [0.3, 0.4) is 0 Å². The molecule has 29 heavy (non-hydrogen) atoms. The van der Waals surface area contributed by atoms with Crippen molar-refractivity contribution in [1.29, 1.82) is 0 Å². The molecule has 0 fully saturated rings. The molecule has 0 saturated heterocycles. The van der Waals surface area contributed by atoms with Crippen LogP contribution in [0.15, 0.2) is 65.8 Å². The van der Waals surface area contributed by atoms with Crippen LogP contribution in [0.1, 0.15) is 30.4 Å². The first kappa shape index (κ1) is 19.9. The molecule has 1 heterocycles. The van der Waals surface area contributed by atoms with Gasteiger partial charge in [-0.25, -0.2) is 4.98 Å². The van der Waals surface area contributed by atoms with E-state index in [1.54, 1.807) is 0 Å². The molecule has 0 spiro atoms. The minimum atomic E-state index is -0.845. The average Bonchev–Trinajstić information content (AvgIpc) is 2.69. The summed E-state index contributed by atoms with van der Waals surface area (Å²) in [5, 5.41) is 19.7. The van der Waals surface area contributed by atoms with Gasteiger partial charge in [-0.1, -0.05) is 31.2 Å². The molecule has 1 atom stereocenters. The number of hydrogen-bond donors (Lipinski definition) is 1. The lowest BCUT2D eigenvalue weighted by Gasteiger charge is -2.11. The topological polar surface area (TPSA) is 115 Å². The van der Waals surface area contributed by atoms with Crippen LogP contribution in [0.5, 0.6) is 0 Å². The molecule has 0 saturated carbocycles. The predicted molar refractivity (Wildman–Crippen MR) is 107 cm³/mol. The number of carbonyl (C=O) groups is 1. The van der Waals surface area contributed by atoms with Crippen LogP contribution in [-0.2, 0) is 11.3 Å². The number of aromatic nitrogens is 2. The number of non-ortho nitro benzene ring substituents is 1. The van der Waals surface area contributed by atoms with Crippen LogP contribution in [0, 0.1) is 10.1 Å². The number of nitro benzene ring substituents is 1. The molecule has 8 heteroatoms. The summed E-state index contributed by atoms with van der Waals surface area (Å²) in [5.41, 5.74) is 2.41. The molecule has 1 aromatic heterocycles. The zero-order chi connectivity index (χ0) is 21.0. The van der Waals surface area contributed by atoms with E-state index in [9.17, 15) is 19.7 Å². The van der Waals surface area contributed by atoms with E-state index in [0.717, 1.165) is 11.1 Å². The molecule has 0 amide bonds. The number of carboxylic acid groups (broad SMARTS) is 1. The predicted octanol–water partition coefficient (Wildman–Crippen LogP) is 3.45. The highest BCUT2D eigenvalue weighted by Gasteiger charge is 2.12. The smallest absolute Gasteiger partial charge is 0.303 e. The molecular formula is C21H19N3O5. The lowest BCUT2D eigenvalue weighted by atomic mass is 9.97. The van der Waals surface area contributed by atoms with Gasteiger partial charge in [-0.15, -0.1) is 0 Å². The minimum Gasteiger partial charge on any atom is -0.481 e. The van der Waals surface area contributed by atoms with Gasteiger partial charge in [0.25, 0.3) is 11.2 Å².